The van der Waals surface area contributed by atoms with Gasteiger partial charge in [-0.05, 0) is 67.7 Å². The molecule has 1 aromatic carbocycles. The van der Waals surface area contributed by atoms with Gasteiger partial charge in [-0.1, -0.05) is 12.1 Å². The topological polar surface area (TPSA) is 90.9 Å². The largest absolute Gasteiger partial charge is 0.467 e. The molecule has 0 heterocycles. The maximum atomic E-state index is 12.0. The van der Waals surface area contributed by atoms with Crippen LogP contribution in [0.2, 0.25) is 0 Å². The highest BCUT2D eigenvalue weighted by Crippen LogP contribution is 2.15. The molecule has 0 aliphatic rings. The molecular formula is C18H24INO6S. The van der Waals surface area contributed by atoms with E-state index in [0.29, 0.717) is 17.7 Å². The van der Waals surface area contributed by atoms with E-state index in [2.05, 4.69) is 27.9 Å². The second-order valence-electron chi connectivity index (χ2n) is 6.45. The normalized spacial score (nSPS) is 12.0. The maximum absolute atomic E-state index is 12.0. The fourth-order valence-electron chi connectivity index (χ4n) is 1.90. The molecule has 0 saturated heterocycles. The molecule has 1 aromatic rings. The lowest BCUT2D eigenvalue weighted by molar-refractivity contribution is -0.143. The van der Waals surface area contributed by atoms with Crippen molar-refractivity contribution in [2.75, 3.05) is 18.8 Å². The minimum Gasteiger partial charge on any atom is -0.467 e. The molecule has 0 aliphatic heterocycles. The number of halogens is 1. The Kier molecular flexibility index (Phi) is 9.92. The molecule has 1 atom stereocenters. The summed E-state index contributed by atoms with van der Waals surface area (Å²) in [4.78, 5) is 35.7. The van der Waals surface area contributed by atoms with E-state index in [1.54, 1.807) is 32.9 Å². The zero-order valence-electron chi connectivity index (χ0n) is 15.7. The van der Waals surface area contributed by atoms with Crippen molar-refractivity contribution in [3.8, 4) is 0 Å². The van der Waals surface area contributed by atoms with Gasteiger partial charge in [0, 0.05) is 3.57 Å². The van der Waals surface area contributed by atoms with Crippen LogP contribution in [0.5, 0.6) is 0 Å². The van der Waals surface area contributed by atoms with Crippen LogP contribution in [-0.4, -0.2) is 48.5 Å². The number of ether oxygens (including phenoxy) is 3. The molecule has 0 spiro atoms. The summed E-state index contributed by atoms with van der Waals surface area (Å²) in [6.45, 7) is 5.20. The second-order valence-corrected chi connectivity index (χ2v) is 8.66. The smallest absolute Gasteiger partial charge is 0.408 e. The van der Waals surface area contributed by atoms with Crippen molar-refractivity contribution in [2.24, 2.45) is 0 Å². The van der Waals surface area contributed by atoms with Crippen molar-refractivity contribution in [2.45, 2.75) is 38.8 Å². The van der Waals surface area contributed by atoms with Crippen LogP contribution in [-0.2, 0) is 19.0 Å². The van der Waals surface area contributed by atoms with Gasteiger partial charge in [0.15, 0.2) is 0 Å². The third-order valence-electron chi connectivity index (χ3n) is 3.09. The maximum Gasteiger partial charge on any atom is 0.408 e. The predicted octanol–water partition coefficient (Wildman–Crippen LogP) is 3.60. The van der Waals surface area contributed by atoms with Crippen LogP contribution in [0.15, 0.2) is 24.3 Å². The van der Waals surface area contributed by atoms with Gasteiger partial charge in [-0.3, -0.25) is 0 Å². The molecule has 27 heavy (non-hydrogen) atoms. The molecular weight excluding hydrogens is 485 g/mol. The first-order valence-electron chi connectivity index (χ1n) is 8.21. The van der Waals surface area contributed by atoms with Crippen LogP contribution in [0.4, 0.5) is 4.79 Å². The Bertz CT molecular complexity index is 661. The Morgan fingerprint density at radius 3 is 2.48 bits per heavy atom. The molecule has 1 N–H and O–H groups in total. The minimum absolute atomic E-state index is 0.143. The monoisotopic (exact) mass is 509 g/mol. The molecule has 1 amide bonds. The summed E-state index contributed by atoms with van der Waals surface area (Å²) < 4.78 is 15.9. The van der Waals surface area contributed by atoms with Crippen molar-refractivity contribution in [1.29, 1.82) is 0 Å². The van der Waals surface area contributed by atoms with E-state index in [4.69, 9.17) is 14.2 Å². The highest BCUT2D eigenvalue weighted by atomic mass is 127. The van der Waals surface area contributed by atoms with Gasteiger partial charge >= 0.3 is 18.0 Å². The number of methoxy groups -OCH3 is 1. The summed E-state index contributed by atoms with van der Waals surface area (Å²) in [6.07, 6.45) is -0.371. The summed E-state index contributed by atoms with van der Waals surface area (Å²) in [7, 11) is 1.25. The van der Waals surface area contributed by atoms with Crippen LogP contribution in [0, 0.1) is 3.57 Å². The van der Waals surface area contributed by atoms with Gasteiger partial charge in [0.2, 0.25) is 0 Å². The Hall–Kier alpha value is -1.49. The molecule has 0 radical (unpaired) electrons. The molecule has 0 bridgehead atoms. The highest BCUT2D eigenvalue weighted by molar-refractivity contribution is 14.1. The van der Waals surface area contributed by atoms with Gasteiger partial charge in [0.25, 0.3) is 0 Å². The van der Waals surface area contributed by atoms with E-state index in [0.717, 1.165) is 3.57 Å². The molecule has 0 aliphatic carbocycles. The first-order valence-corrected chi connectivity index (χ1v) is 10.4. The summed E-state index contributed by atoms with van der Waals surface area (Å²) in [6, 6.07) is 6.32. The number of amides is 1. The van der Waals surface area contributed by atoms with Crippen LogP contribution < -0.4 is 5.32 Å². The number of rotatable bonds is 8. The van der Waals surface area contributed by atoms with Crippen molar-refractivity contribution in [3.63, 3.8) is 0 Å². The molecule has 0 unspecified atom stereocenters. The summed E-state index contributed by atoms with van der Waals surface area (Å²) in [5.41, 5.74) is -0.152. The van der Waals surface area contributed by atoms with Crippen LogP contribution in [0.25, 0.3) is 0 Å². The SMILES string of the molecule is COC(=O)[C@H](CCSCOC(=O)c1ccccc1I)NC(=O)OC(C)(C)C. The molecule has 9 heteroatoms. The molecule has 150 valence electrons. The van der Waals surface area contributed by atoms with Crippen molar-refractivity contribution < 1.29 is 28.6 Å². The fraction of sp³-hybridized carbons (Fsp3) is 0.500. The number of benzene rings is 1. The minimum atomic E-state index is -0.830. The number of esters is 2. The number of carbonyl (C=O) groups is 3. The number of nitrogens with one attached hydrogen (secondary N) is 1. The molecule has 1 rings (SSSR count). The number of carbonyl (C=O) groups excluding carboxylic acids is 3. The lowest BCUT2D eigenvalue weighted by atomic mass is 10.2. The van der Waals surface area contributed by atoms with Gasteiger partial charge in [0.1, 0.15) is 17.6 Å². The third kappa shape index (κ3) is 9.32. The first kappa shape index (κ1) is 23.5. The highest BCUT2D eigenvalue weighted by Gasteiger charge is 2.24. The van der Waals surface area contributed by atoms with Gasteiger partial charge in [0.05, 0.1) is 12.7 Å². The van der Waals surface area contributed by atoms with Crippen molar-refractivity contribution >= 4 is 52.4 Å². The average Bonchev–Trinajstić information content (AvgIpc) is 2.58. The van der Waals surface area contributed by atoms with Crippen LogP contribution in [0.3, 0.4) is 0 Å². The van der Waals surface area contributed by atoms with E-state index < -0.39 is 29.7 Å². The lowest BCUT2D eigenvalue weighted by Crippen LogP contribution is -2.44. The van der Waals surface area contributed by atoms with E-state index >= 15 is 0 Å². The molecule has 0 aromatic heterocycles. The number of thioether (sulfide) groups is 1. The zero-order chi connectivity index (χ0) is 20.4. The Labute approximate surface area is 177 Å². The summed E-state index contributed by atoms with van der Waals surface area (Å²) in [5.74, 6) is -0.333. The van der Waals surface area contributed by atoms with Gasteiger partial charge in [-0.25, -0.2) is 14.4 Å². The Morgan fingerprint density at radius 1 is 1.22 bits per heavy atom. The third-order valence-corrected chi connectivity index (χ3v) is 4.84. The molecule has 0 fully saturated rings. The standard InChI is InChI=1S/C18H24INO6S/c1-18(2,3)26-17(23)20-14(16(22)24-4)9-10-27-11-25-15(21)12-7-5-6-8-13(12)19/h5-8,14H,9-11H2,1-4H3,(H,20,23)/t14-/m0/s1. The predicted molar refractivity (Wildman–Crippen MR) is 112 cm³/mol. The van der Waals surface area contributed by atoms with Gasteiger partial charge in [-0.2, -0.15) is 0 Å². The summed E-state index contributed by atoms with van der Waals surface area (Å²) in [5, 5.41) is 2.50. The second kappa shape index (κ2) is 11.4. The quantitative estimate of drug-likeness (QED) is 0.188. The number of hydrogen-bond donors (Lipinski definition) is 1. The van der Waals surface area contributed by atoms with E-state index in [9.17, 15) is 14.4 Å². The van der Waals surface area contributed by atoms with Crippen LogP contribution in [0.1, 0.15) is 37.6 Å². The number of alkyl carbamates (subject to hydrolysis) is 1. The van der Waals surface area contributed by atoms with E-state index in [1.165, 1.54) is 18.9 Å². The summed E-state index contributed by atoms with van der Waals surface area (Å²) >= 11 is 3.41. The zero-order valence-corrected chi connectivity index (χ0v) is 18.7. The number of hydrogen-bond acceptors (Lipinski definition) is 7. The first-order chi connectivity index (χ1) is 12.6. The molecule has 0 saturated carbocycles. The van der Waals surface area contributed by atoms with Gasteiger partial charge in [-0.15, -0.1) is 11.8 Å². The van der Waals surface area contributed by atoms with Crippen molar-refractivity contribution in [1.82, 2.24) is 5.32 Å². The van der Waals surface area contributed by atoms with E-state index in [1.807, 2.05) is 12.1 Å². The lowest BCUT2D eigenvalue weighted by Gasteiger charge is -2.22. The van der Waals surface area contributed by atoms with Crippen LogP contribution >= 0.6 is 34.4 Å². The van der Waals surface area contributed by atoms with E-state index in [-0.39, 0.29) is 5.94 Å². The molecule has 7 nitrogen and oxygen atoms in total. The van der Waals surface area contributed by atoms with Gasteiger partial charge < -0.3 is 19.5 Å². The van der Waals surface area contributed by atoms with Crippen molar-refractivity contribution in [3.05, 3.63) is 33.4 Å². The Morgan fingerprint density at radius 2 is 1.89 bits per heavy atom. The Balaban J connectivity index is 2.41. The fourth-order valence-corrected chi connectivity index (χ4v) is 3.22. The average molecular weight is 509 g/mol.